The van der Waals surface area contributed by atoms with Gasteiger partial charge in [-0.1, -0.05) is 24.4 Å². The number of carbonyl (C=O) groups is 2. The van der Waals surface area contributed by atoms with Crippen LogP contribution in [0.1, 0.15) is 70.2 Å². The van der Waals surface area contributed by atoms with Gasteiger partial charge in [0, 0.05) is 38.9 Å². The summed E-state index contributed by atoms with van der Waals surface area (Å²) in [6.45, 7) is 9.43. The highest BCUT2D eigenvalue weighted by Crippen LogP contribution is 2.26. The number of ether oxygens (including phenoxy) is 1. The van der Waals surface area contributed by atoms with Gasteiger partial charge in [-0.25, -0.2) is 4.79 Å². The maximum Gasteiger partial charge on any atom is 0.410 e. The first-order valence-corrected chi connectivity index (χ1v) is 11.6. The van der Waals surface area contributed by atoms with Crippen LogP contribution >= 0.6 is 11.6 Å². The van der Waals surface area contributed by atoms with Crippen molar-refractivity contribution in [2.24, 2.45) is 5.92 Å². The molecule has 31 heavy (non-hydrogen) atoms. The average molecular weight is 452 g/mol. The van der Waals surface area contributed by atoms with Crippen LogP contribution in [0.2, 0.25) is 5.02 Å². The number of piperidine rings is 1. The van der Waals surface area contributed by atoms with Crippen molar-refractivity contribution < 1.29 is 14.3 Å². The zero-order valence-electron chi connectivity index (χ0n) is 19.8. The minimum atomic E-state index is -0.441. The Morgan fingerprint density at radius 1 is 1.26 bits per heavy atom. The highest BCUT2D eigenvalue weighted by atomic mass is 35.5. The summed E-state index contributed by atoms with van der Waals surface area (Å²) in [5.74, 6) is 0.568. The molecule has 2 amide bonds. The summed E-state index contributed by atoms with van der Waals surface area (Å²) < 4.78 is 5.47. The molecule has 0 saturated carbocycles. The number of halogens is 1. The Hall–Kier alpha value is -1.95. The summed E-state index contributed by atoms with van der Waals surface area (Å²) >= 11 is 6.30. The molecule has 2 rings (SSSR count). The van der Waals surface area contributed by atoms with E-state index in [1.165, 1.54) is 11.3 Å². The monoisotopic (exact) mass is 451 g/mol. The Balaban J connectivity index is 1.71. The maximum atomic E-state index is 12.2. The van der Waals surface area contributed by atoms with Crippen molar-refractivity contribution in [3.8, 4) is 0 Å². The van der Waals surface area contributed by atoms with Crippen molar-refractivity contribution in [1.82, 2.24) is 9.80 Å². The van der Waals surface area contributed by atoms with E-state index in [1.54, 1.807) is 20.2 Å². The number of benzene rings is 1. The Bertz CT molecular complexity index is 753. The lowest BCUT2D eigenvalue weighted by atomic mass is 9.91. The summed E-state index contributed by atoms with van der Waals surface area (Å²) in [6.07, 6.45) is 5.25. The molecular weight excluding hydrogens is 414 g/mol. The largest absolute Gasteiger partial charge is 0.444 e. The standard InChI is InChI=1S/C24H38ClN3O3/c1-17(26-19-10-11-20(21(25)16-19)22(29)27(5)6)8-7-9-18-12-14-28(15-13-18)23(30)31-24(2,3)4/h10-11,16-18,26H,7-9,12-15H2,1-6H3/t17-/m0/s1. The number of anilines is 1. The molecular formula is C24H38ClN3O3. The topological polar surface area (TPSA) is 61.9 Å². The van der Waals surface area contributed by atoms with E-state index >= 15 is 0 Å². The van der Waals surface area contributed by atoms with Crippen LogP contribution < -0.4 is 5.32 Å². The van der Waals surface area contributed by atoms with Crippen molar-refractivity contribution in [2.75, 3.05) is 32.5 Å². The molecule has 1 aromatic rings. The Morgan fingerprint density at radius 3 is 2.45 bits per heavy atom. The molecule has 1 fully saturated rings. The zero-order chi connectivity index (χ0) is 23.2. The molecule has 6 nitrogen and oxygen atoms in total. The van der Waals surface area contributed by atoms with Crippen molar-refractivity contribution in [3.05, 3.63) is 28.8 Å². The normalized spacial score (nSPS) is 16.0. The van der Waals surface area contributed by atoms with Gasteiger partial charge in [-0.05, 0) is 71.1 Å². The van der Waals surface area contributed by atoms with Gasteiger partial charge in [0.15, 0.2) is 0 Å². The number of rotatable bonds is 7. The van der Waals surface area contributed by atoms with Gasteiger partial charge in [-0.3, -0.25) is 4.79 Å². The van der Waals surface area contributed by atoms with Crippen LogP contribution in [-0.4, -0.2) is 60.6 Å². The second-order valence-corrected chi connectivity index (χ2v) is 10.2. The highest BCUT2D eigenvalue weighted by molar-refractivity contribution is 6.34. The van der Waals surface area contributed by atoms with Gasteiger partial charge in [-0.15, -0.1) is 0 Å². The van der Waals surface area contributed by atoms with Gasteiger partial charge in [0.05, 0.1) is 10.6 Å². The third kappa shape index (κ3) is 8.24. The predicted molar refractivity (Wildman–Crippen MR) is 127 cm³/mol. The minimum Gasteiger partial charge on any atom is -0.444 e. The van der Waals surface area contributed by atoms with Gasteiger partial charge < -0.3 is 19.9 Å². The Morgan fingerprint density at radius 2 is 1.90 bits per heavy atom. The van der Waals surface area contributed by atoms with Gasteiger partial charge in [0.2, 0.25) is 0 Å². The third-order valence-electron chi connectivity index (χ3n) is 5.53. The lowest BCUT2D eigenvalue weighted by Crippen LogP contribution is -2.41. The number of hydrogen-bond donors (Lipinski definition) is 1. The lowest BCUT2D eigenvalue weighted by molar-refractivity contribution is 0.0180. The molecule has 1 aliphatic heterocycles. The SMILES string of the molecule is C[C@@H](CCCC1CCN(C(=O)OC(C)(C)C)CC1)Nc1ccc(C(=O)N(C)C)c(Cl)c1. The summed E-state index contributed by atoms with van der Waals surface area (Å²) in [6, 6.07) is 5.82. The molecule has 1 aliphatic rings. The first-order chi connectivity index (χ1) is 14.5. The zero-order valence-corrected chi connectivity index (χ0v) is 20.6. The molecule has 7 heteroatoms. The quantitative estimate of drug-likeness (QED) is 0.581. The molecule has 174 valence electrons. The van der Waals surface area contributed by atoms with Crippen molar-refractivity contribution >= 4 is 29.3 Å². The number of hydrogen-bond acceptors (Lipinski definition) is 4. The predicted octanol–water partition coefficient (Wildman–Crippen LogP) is 5.66. The van der Waals surface area contributed by atoms with Crippen LogP contribution in [0.15, 0.2) is 18.2 Å². The summed E-state index contributed by atoms with van der Waals surface area (Å²) in [4.78, 5) is 27.6. The smallest absolute Gasteiger partial charge is 0.410 e. The summed E-state index contributed by atoms with van der Waals surface area (Å²) in [5.41, 5.74) is 1.00. The molecule has 1 atom stereocenters. The van der Waals surface area contributed by atoms with E-state index in [9.17, 15) is 9.59 Å². The minimum absolute atomic E-state index is 0.0951. The maximum absolute atomic E-state index is 12.2. The van der Waals surface area contributed by atoms with Crippen LogP contribution in [0.4, 0.5) is 10.5 Å². The van der Waals surface area contributed by atoms with E-state index < -0.39 is 5.60 Å². The number of nitrogens with one attached hydrogen (secondary N) is 1. The molecule has 0 aromatic heterocycles. The van der Waals surface area contributed by atoms with Crippen LogP contribution in [0.3, 0.4) is 0 Å². The van der Waals surface area contributed by atoms with Gasteiger partial charge in [-0.2, -0.15) is 0 Å². The fourth-order valence-corrected chi connectivity index (χ4v) is 4.08. The van der Waals surface area contributed by atoms with Crippen molar-refractivity contribution in [3.63, 3.8) is 0 Å². The van der Waals surface area contributed by atoms with Gasteiger partial charge in [0.1, 0.15) is 5.60 Å². The fraction of sp³-hybridized carbons (Fsp3) is 0.667. The first kappa shape index (κ1) is 25.3. The van der Waals surface area contributed by atoms with Crippen LogP contribution in [0, 0.1) is 5.92 Å². The number of amides is 2. The van der Waals surface area contributed by atoms with Gasteiger partial charge >= 0.3 is 6.09 Å². The number of carbonyl (C=O) groups excluding carboxylic acids is 2. The third-order valence-corrected chi connectivity index (χ3v) is 5.85. The Kier molecular flexibility index (Phi) is 9.04. The molecule has 0 bridgehead atoms. The molecule has 0 spiro atoms. The van der Waals surface area contributed by atoms with E-state index in [4.69, 9.17) is 16.3 Å². The molecule has 0 aliphatic carbocycles. The second kappa shape index (κ2) is 11.1. The van der Waals surface area contributed by atoms with Crippen molar-refractivity contribution in [2.45, 2.75) is 71.4 Å². The first-order valence-electron chi connectivity index (χ1n) is 11.2. The van der Waals surface area contributed by atoms with E-state index in [0.717, 1.165) is 44.5 Å². The molecule has 1 heterocycles. The molecule has 1 saturated heterocycles. The van der Waals surface area contributed by atoms with E-state index in [1.807, 2.05) is 37.8 Å². The highest BCUT2D eigenvalue weighted by Gasteiger charge is 2.26. The number of nitrogens with zero attached hydrogens (tertiary/aromatic N) is 2. The van der Waals surface area contributed by atoms with Crippen LogP contribution in [0.5, 0.6) is 0 Å². The summed E-state index contributed by atoms with van der Waals surface area (Å²) in [5, 5.41) is 3.95. The molecule has 0 radical (unpaired) electrons. The van der Waals surface area contributed by atoms with E-state index in [0.29, 0.717) is 22.5 Å². The Labute approximate surface area is 192 Å². The van der Waals surface area contributed by atoms with E-state index in [2.05, 4.69) is 12.2 Å². The number of likely N-dealkylation sites (tertiary alicyclic amines) is 1. The average Bonchev–Trinajstić information content (AvgIpc) is 2.66. The fourth-order valence-electron chi connectivity index (χ4n) is 3.82. The molecule has 0 unspecified atom stereocenters. The van der Waals surface area contributed by atoms with Gasteiger partial charge in [0.25, 0.3) is 5.91 Å². The summed E-state index contributed by atoms with van der Waals surface area (Å²) in [7, 11) is 3.43. The molecule has 1 N–H and O–H groups in total. The van der Waals surface area contributed by atoms with Crippen molar-refractivity contribution in [1.29, 1.82) is 0 Å². The van der Waals surface area contributed by atoms with Crippen LogP contribution in [-0.2, 0) is 4.74 Å². The van der Waals surface area contributed by atoms with Crippen LogP contribution in [0.25, 0.3) is 0 Å². The lowest BCUT2D eigenvalue weighted by Gasteiger charge is -2.33. The molecule has 1 aromatic carbocycles. The second-order valence-electron chi connectivity index (χ2n) is 9.78. The van der Waals surface area contributed by atoms with E-state index in [-0.39, 0.29) is 12.0 Å².